The zero-order valence-corrected chi connectivity index (χ0v) is 23.1. The third-order valence-corrected chi connectivity index (χ3v) is 7.92. The summed E-state index contributed by atoms with van der Waals surface area (Å²) in [6.07, 6.45) is 4.66. The van der Waals surface area contributed by atoms with Crippen molar-refractivity contribution in [2.45, 2.75) is 25.9 Å². The minimum absolute atomic E-state index is 0.243. The fraction of sp³-hybridized carbons (Fsp3) is 0.240. The molecule has 0 radical (unpaired) electrons. The number of aromatic nitrogens is 3. The molecule has 1 fully saturated rings. The number of pyridine rings is 1. The maximum absolute atomic E-state index is 12.1. The summed E-state index contributed by atoms with van der Waals surface area (Å²) in [5.41, 5.74) is 5.04. The molecule has 192 valence electrons. The van der Waals surface area contributed by atoms with Crippen LogP contribution in [0.3, 0.4) is 0 Å². The highest BCUT2D eigenvalue weighted by Crippen LogP contribution is 2.45. The van der Waals surface area contributed by atoms with Gasteiger partial charge in [-0.05, 0) is 68.0 Å². The summed E-state index contributed by atoms with van der Waals surface area (Å²) in [6.45, 7) is 4.13. The Kier molecular flexibility index (Phi) is 6.65. The third-order valence-electron chi connectivity index (χ3n) is 6.25. The van der Waals surface area contributed by atoms with E-state index < -0.39 is 10.0 Å². The SMILES string of the molecule is COc1ccc(N2C(=S)N[C@H](c3ccccn3)[C@H]2c2cc(C)n(-c3nccs3)c2C)cc1NS(C)(=O)=O. The van der Waals surface area contributed by atoms with Gasteiger partial charge in [0.25, 0.3) is 0 Å². The number of rotatable bonds is 7. The number of methoxy groups -OCH3 is 1. The van der Waals surface area contributed by atoms with Crippen molar-refractivity contribution >= 4 is 50.1 Å². The number of hydrogen-bond acceptors (Lipinski definition) is 7. The van der Waals surface area contributed by atoms with Gasteiger partial charge in [-0.3, -0.25) is 14.3 Å². The van der Waals surface area contributed by atoms with Crippen molar-refractivity contribution in [3.05, 3.63) is 82.9 Å². The number of hydrogen-bond donors (Lipinski definition) is 2. The summed E-state index contributed by atoms with van der Waals surface area (Å²) in [7, 11) is -2.04. The maximum atomic E-state index is 12.1. The number of thiocarbonyl (C=S) groups is 1. The number of benzene rings is 1. The second kappa shape index (κ2) is 9.77. The summed E-state index contributed by atoms with van der Waals surface area (Å²) < 4.78 is 34.2. The van der Waals surface area contributed by atoms with Gasteiger partial charge in [0.1, 0.15) is 5.75 Å². The van der Waals surface area contributed by atoms with Crippen molar-refractivity contribution in [1.29, 1.82) is 0 Å². The monoisotopic (exact) mass is 554 g/mol. The van der Waals surface area contributed by atoms with E-state index in [4.69, 9.17) is 17.0 Å². The topological polar surface area (TPSA) is 101 Å². The van der Waals surface area contributed by atoms with Gasteiger partial charge in [-0.1, -0.05) is 6.07 Å². The highest BCUT2D eigenvalue weighted by molar-refractivity contribution is 7.92. The average Bonchev–Trinajstić information content (AvgIpc) is 3.56. The van der Waals surface area contributed by atoms with Gasteiger partial charge in [-0.15, -0.1) is 11.3 Å². The Morgan fingerprint density at radius 3 is 2.59 bits per heavy atom. The molecule has 0 amide bonds. The molecule has 2 N–H and O–H groups in total. The summed E-state index contributed by atoms with van der Waals surface area (Å²) in [5.74, 6) is 0.409. The first kappa shape index (κ1) is 25.2. The molecule has 1 aliphatic rings. The predicted molar refractivity (Wildman–Crippen MR) is 150 cm³/mol. The van der Waals surface area contributed by atoms with Crippen molar-refractivity contribution in [3.63, 3.8) is 0 Å². The fourth-order valence-corrected chi connectivity index (χ4v) is 6.44. The Morgan fingerprint density at radius 2 is 1.95 bits per heavy atom. The zero-order valence-electron chi connectivity index (χ0n) is 20.7. The van der Waals surface area contributed by atoms with E-state index in [1.54, 1.807) is 35.9 Å². The minimum Gasteiger partial charge on any atom is -0.495 e. The molecule has 4 heterocycles. The van der Waals surface area contributed by atoms with Crippen LogP contribution in [-0.4, -0.2) is 41.4 Å². The molecule has 1 aromatic carbocycles. The summed E-state index contributed by atoms with van der Waals surface area (Å²) in [6, 6.07) is 12.8. The van der Waals surface area contributed by atoms with E-state index in [1.165, 1.54) is 7.11 Å². The molecule has 0 bridgehead atoms. The number of anilines is 2. The smallest absolute Gasteiger partial charge is 0.229 e. The van der Waals surface area contributed by atoms with E-state index in [0.717, 1.165) is 34.0 Å². The summed E-state index contributed by atoms with van der Waals surface area (Å²) in [4.78, 5) is 11.2. The Labute approximate surface area is 225 Å². The van der Waals surface area contributed by atoms with Gasteiger partial charge in [0, 0.05) is 34.8 Å². The fourth-order valence-electron chi connectivity index (χ4n) is 4.78. The van der Waals surface area contributed by atoms with Gasteiger partial charge in [0.2, 0.25) is 10.0 Å². The van der Waals surface area contributed by atoms with E-state index in [-0.39, 0.29) is 12.1 Å². The number of nitrogens with one attached hydrogen (secondary N) is 2. The molecule has 37 heavy (non-hydrogen) atoms. The van der Waals surface area contributed by atoms with Crippen LogP contribution in [0.2, 0.25) is 0 Å². The Morgan fingerprint density at radius 1 is 1.14 bits per heavy atom. The molecule has 0 aliphatic carbocycles. The molecule has 1 aliphatic heterocycles. The Balaban J connectivity index is 1.68. The molecular weight excluding hydrogens is 529 g/mol. The normalized spacial score (nSPS) is 17.6. The zero-order chi connectivity index (χ0) is 26.3. The van der Waals surface area contributed by atoms with Crippen molar-refractivity contribution in [2.75, 3.05) is 23.0 Å². The number of thiazole rings is 1. The van der Waals surface area contributed by atoms with Crippen molar-refractivity contribution in [1.82, 2.24) is 19.9 Å². The third kappa shape index (κ3) is 4.79. The van der Waals surface area contributed by atoms with Crippen molar-refractivity contribution < 1.29 is 13.2 Å². The molecule has 5 rings (SSSR count). The summed E-state index contributed by atoms with van der Waals surface area (Å²) >= 11 is 7.43. The predicted octanol–water partition coefficient (Wildman–Crippen LogP) is 4.50. The van der Waals surface area contributed by atoms with Crippen molar-refractivity contribution in [3.8, 4) is 10.9 Å². The number of aryl methyl sites for hydroxylation is 1. The lowest BCUT2D eigenvalue weighted by molar-refractivity contribution is 0.417. The number of nitrogens with zero attached hydrogens (tertiary/aromatic N) is 4. The van der Waals surface area contributed by atoms with Gasteiger partial charge in [-0.25, -0.2) is 13.4 Å². The molecule has 0 saturated carbocycles. The van der Waals surface area contributed by atoms with Gasteiger partial charge in [0.05, 0.1) is 36.8 Å². The second-order valence-corrected chi connectivity index (χ2v) is 11.7. The lowest BCUT2D eigenvalue weighted by Crippen LogP contribution is -2.29. The first-order valence-corrected chi connectivity index (χ1v) is 14.6. The largest absolute Gasteiger partial charge is 0.495 e. The molecule has 2 atom stereocenters. The van der Waals surface area contributed by atoms with E-state index in [2.05, 4.69) is 44.5 Å². The van der Waals surface area contributed by atoms with Crippen LogP contribution >= 0.6 is 23.6 Å². The first-order chi connectivity index (χ1) is 17.7. The quantitative estimate of drug-likeness (QED) is 0.322. The maximum Gasteiger partial charge on any atom is 0.229 e. The molecular formula is C25H26N6O3S3. The van der Waals surface area contributed by atoms with Gasteiger partial charge < -0.3 is 15.0 Å². The number of sulfonamides is 1. The highest BCUT2D eigenvalue weighted by atomic mass is 32.2. The Bertz CT molecular complexity index is 1550. The highest BCUT2D eigenvalue weighted by Gasteiger charge is 2.42. The van der Waals surface area contributed by atoms with Gasteiger partial charge in [-0.2, -0.15) is 0 Å². The van der Waals surface area contributed by atoms with E-state index in [9.17, 15) is 8.42 Å². The van der Waals surface area contributed by atoms with Crippen LogP contribution in [0.5, 0.6) is 5.75 Å². The molecule has 0 unspecified atom stereocenters. The van der Waals surface area contributed by atoms with Crippen LogP contribution in [0.15, 0.2) is 60.2 Å². The van der Waals surface area contributed by atoms with Crippen LogP contribution in [0, 0.1) is 13.8 Å². The lowest BCUT2D eigenvalue weighted by atomic mass is 9.96. The van der Waals surface area contributed by atoms with E-state index >= 15 is 0 Å². The van der Waals surface area contributed by atoms with E-state index in [1.807, 2.05) is 34.5 Å². The second-order valence-electron chi connectivity index (χ2n) is 8.73. The van der Waals surface area contributed by atoms with Crippen LogP contribution in [-0.2, 0) is 10.0 Å². The van der Waals surface area contributed by atoms with E-state index in [0.29, 0.717) is 22.2 Å². The van der Waals surface area contributed by atoms with Crippen LogP contribution in [0.1, 0.15) is 34.7 Å². The molecule has 1 saturated heterocycles. The number of ether oxygens (including phenoxy) is 1. The van der Waals surface area contributed by atoms with Gasteiger partial charge in [0.15, 0.2) is 10.2 Å². The molecule has 3 aromatic heterocycles. The van der Waals surface area contributed by atoms with Crippen LogP contribution in [0.4, 0.5) is 11.4 Å². The standard InChI is InChI=1S/C25H26N6O3S3/c1-15-13-18(16(2)30(15)25-27-11-12-36-25)23-22(19-7-5-6-10-26-19)28-24(35)31(23)17-8-9-21(34-3)20(14-17)29-37(4,32)33/h5-14,22-23,29H,1-4H3,(H,28,35)/t22-,23-/m1/s1. The Hall–Kier alpha value is -3.48. The molecule has 4 aromatic rings. The average molecular weight is 555 g/mol. The van der Waals surface area contributed by atoms with Crippen LogP contribution in [0.25, 0.3) is 5.13 Å². The minimum atomic E-state index is -3.53. The summed E-state index contributed by atoms with van der Waals surface area (Å²) in [5, 5.41) is 6.81. The molecule has 12 heteroatoms. The molecule has 9 nitrogen and oxygen atoms in total. The van der Waals surface area contributed by atoms with Crippen LogP contribution < -0.4 is 19.7 Å². The molecule has 0 spiro atoms. The lowest BCUT2D eigenvalue weighted by Gasteiger charge is -2.28. The van der Waals surface area contributed by atoms with Crippen molar-refractivity contribution in [2.24, 2.45) is 0 Å². The first-order valence-electron chi connectivity index (χ1n) is 11.4. The van der Waals surface area contributed by atoms with Gasteiger partial charge >= 0.3 is 0 Å².